The summed E-state index contributed by atoms with van der Waals surface area (Å²) in [5.74, 6) is 7.45. The molecule has 1 aromatic rings. The lowest BCUT2D eigenvalue weighted by Crippen LogP contribution is -2.43. The highest BCUT2D eigenvalue weighted by atomic mass is 16.5. The van der Waals surface area contributed by atoms with Crippen molar-refractivity contribution in [3.05, 3.63) is 17.1 Å². The zero-order valence-corrected chi connectivity index (χ0v) is 13.1. The predicted octanol–water partition coefficient (Wildman–Crippen LogP) is 1.73. The number of hydrazine groups is 1. The van der Waals surface area contributed by atoms with Crippen LogP contribution in [-0.4, -0.2) is 40.6 Å². The Hall–Kier alpha value is -1.24. The van der Waals surface area contributed by atoms with Crippen LogP contribution in [0.3, 0.4) is 0 Å². The number of nitrogen functional groups attached to an aromatic ring is 1. The van der Waals surface area contributed by atoms with Gasteiger partial charge in [-0.15, -0.1) is 0 Å². The molecule has 0 aliphatic carbocycles. The number of rotatable bonds is 3. The van der Waals surface area contributed by atoms with Gasteiger partial charge in [0.05, 0.1) is 6.61 Å². The third-order valence-electron chi connectivity index (χ3n) is 4.54. The van der Waals surface area contributed by atoms with E-state index in [1.165, 1.54) is 12.8 Å². The molecule has 0 saturated carbocycles. The van der Waals surface area contributed by atoms with Gasteiger partial charge in [0, 0.05) is 23.8 Å². The zero-order valence-electron chi connectivity index (χ0n) is 13.1. The summed E-state index contributed by atoms with van der Waals surface area (Å²) in [6, 6.07) is 0.587. The molecule has 0 aromatic carbocycles. The van der Waals surface area contributed by atoms with Crippen molar-refractivity contribution >= 4 is 5.82 Å². The third kappa shape index (κ3) is 2.75. The Morgan fingerprint density at radius 1 is 1.38 bits per heavy atom. The molecule has 2 unspecified atom stereocenters. The van der Waals surface area contributed by atoms with Crippen molar-refractivity contribution in [1.82, 2.24) is 14.9 Å². The molecule has 116 valence electrons. The summed E-state index contributed by atoms with van der Waals surface area (Å²) in [5, 5.41) is 0. The van der Waals surface area contributed by atoms with Gasteiger partial charge in [-0.25, -0.2) is 15.8 Å². The normalized spacial score (nSPS) is 26.1. The molecule has 1 aromatic heterocycles. The molecule has 3 N–H and O–H groups in total. The second-order valence-corrected chi connectivity index (χ2v) is 6.34. The van der Waals surface area contributed by atoms with Crippen molar-refractivity contribution in [2.45, 2.75) is 51.7 Å². The molecule has 6 nitrogen and oxygen atoms in total. The molecular weight excluding hydrogens is 266 g/mol. The highest BCUT2D eigenvalue weighted by molar-refractivity contribution is 5.47. The number of aryl methyl sites for hydroxylation is 1. The number of morpholine rings is 1. The number of nitrogens with one attached hydrogen (secondary N) is 1. The summed E-state index contributed by atoms with van der Waals surface area (Å²) in [4.78, 5) is 11.8. The van der Waals surface area contributed by atoms with E-state index in [0.717, 1.165) is 42.6 Å². The first kappa shape index (κ1) is 14.7. The van der Waals surface area contributed by atoms with E-state index in [4.69, 9.17) is 10.6 Å². The van der Waals surface area contributed by atoms with Crippen molar-refractivity contribution in [2.24, 2.45) is 5.84 Å². The molecule has 2 aliphatic rings. The molecule has 3 rings (SSSR count). The maximum absolute atomic E-state index is 6.00. The monoisotopic (exact) mass is 291 g/mol. The van der Waals surface area contributed by atoms with Crippen LogP contribution < -0.4 is 11.3 Å². The van der Waals surface area contributed by atoms with Gasteiger partial charge in [0.1, 0.15) is 11.9 Å². The lowest BCUT2D eigenvalue weighted by Gasteiger charge is -2.34. The van der Waals surface area contributed by atoms with Crippen LogP contribution in [0.4, 0.5) is 5.82 Å². The number of fused-ring (bicyclic) bond motifs is 1. The molecule has 21 heavy (non-hydrogen) atoms. The molecule has 6 heteroatoms. The van der Waals surface area contributed by atoms with Crippen LogP contribution in [0.2, 0.25) is 0 Å². The molecule has 2 aliphatic heterocycles. The van der Waals surface area contributed by atoms with E-state index in [9.17, 15) is 0 Å². The van der Waals surface area contributed by atoms with Gasteiger partial charge in [0.25, 0.3) is 0 Å². The Morgan fingerprint density at radius 2 is 2.19 bits per heavy atom. The van der Waals surface area contributed by atoms with E-state index in [-0.39, 0.29) is 6.10 Å². The number of nitrogens with two attached hydrogens (primary N) is 1. The fourth-order valence-electron chi connectivity index (χ4n) is 3.52. The molecule has 3 heterocycles. The van der Waals surface area contributed by atoms with E-state index < -0.39 is 0 Å². The van der Waals surface area contributed by atoms with Crippen molar-refractivity contribution < 1.29 is 4.74 Å². The molecule has 2 saturated heterocycles. The third-order valence-corrected chi connectivity index (χ3v) is 4.54. The van der Waals surface area contributed by atoms with Crippen molar-refractivity contribution in [2.75, 3.05) is 25.1 Å². The second kappa shape index (κ2) is 5.87. The van der Waals surface area contributed by atoms with Crippen LogP contribution in [0, 0.1) is 6.92 Å². The SMILES string of the molecule is Cc1nc(C2CN3CCCC3CO2)nc(NN)c1C(C)C. The minimum Gasteiger partial charge on any atom is -0.367 e. The molecule has 0 radical (unpaired) electrons. The summed E-state index contributed by atoms with van der Waals surface area (Å²) in [6.07, 6.45) is 2.46. The van der Waals surface area contributed by atoms with Crippen LogP contribution in [0.15, 0.2) is 0 Å². The number of hydrogen-bond acceptors (Lipinski definition) is 6. The summed E-state index contributed by atoms with van der Waals surface area (Å²) >= 11 is 0. The van der Waals surface area contributed by atoms with Crippen molar-refractivity contribution in [3.8, 4) is 0 Å². The largest absolute Gasteiger partial charge is 0.367 e. The highest BCUT2D eigenvalue weighted by Crippen LogP contribution is 2.31. The molecule has 0 spiro atoms. The summed E-state index contributed by atoms with van der Waals surface area (Å²) in [5.41, 5.74) is 4.78. The first-order valence-corrected chi connectivity index (χ1v) is 7.80. The van der Waals surface area contributed by atoms with Gasteiger partial charge in [-0.2, -0.15) is 0 Å². The Morgan fingerprint density at radius 3 is 2.90 bits per heavy atom. The standard InChI is InChI=1S/C15H25N5O/c1-9(2)13-10(3)17-14(18-15(13)19-16)12-7-20-6-4-5-11(20)8-21-12/h9,11-12H,4-8,16H2,1-3H3,(H,17,18,19). The quantitative estimate of drug-likeness (QED) is 0.652. The fourth-order valence-corrected chi connectivity index (χ4v) is 3.52. The smallest absolute Gasteiger partial charge is 0.161 e. The van der Waals surface area contributed by atoms with Gasteiger partial charge in [-0.1, -0.05) is 13.8 Å². The molecule has 0 amide bonds. The number of anilines is 1. The Bertz CT molecular complexity index is 519. The Balaban J connectivity index is 1.87. The molecule has 2 atom stereocenters. The average molecular weight is 291 g/mol. The number of nitrogens with zero attached hydrogens (tertiary/aromatic N) is 3. The molecule has 0 bridgehead atoms. The van der Waals surface area contributed by atoms with Gasteiger partial charge in [0.15, 0.2) is 5.82 Å². The van der Waals surface area contributed by atoms with Crippen LogP contribution >= 0.6 is 0 Å². The van der Waals surface area contributed by atoms with E-state index in [0.29, 0.717) is 12.0 Å². The van der Waals surface area contributed by atoms with E-state index in [2.05, 4.69) is 34.1 Å². The zero-order chi connectivity index (χ0) is 15.0. The van der Waals surface area contributed by atoms with E-state index >= 15 is 0 Å². The van der Waals surface area contributed by atoms with Gasteiger partial charge < -0.3 is 10.2 Å². The maximum Gasteiger partial charge on any atom is 0.161 e. The molecule has 2 fully saturated rings. The van der Waals surface area contributed by atoms with E-state index in [1.807, 2.05) is 6.92 Å². The second-order valence-electron chi connectivity index (χ2n) is 6.34. The summed E-state index contributed by atoms with van der Waals surface area (Å²) in [6.45, 7) is 9.09. The van der Waals surface area contributed by atoms with Gasteiger partial charge >= 0.3 is 0 Å². The maximum atomic E-state index is 6.00. The molecular formula is C15H25N5O. The Labute approximate surface area is 126 Å². The lowest BCUT2D eigenvalue weighted by molar-refractivity contribution is -0.0541. The van der Waals surface area contributed by atoms with E-state index in [1.54, 1.807) is 0 Å². The lowest BCUT2D eigenvalue weighted by atomic mass is 10.0. The van der Waals surface area contributed by atoms with Crippen LogP contribution in [0.25, 0.3) is 0 Å². The Kier molecular flexibility index (Phi) is 4.10. The van der Waals surface area contributed by atoms with Gasteiger partial charge in [-0.05, 0) is 32.2 Å². The van der Waals surface area contributed by atoms with Crippen LogP contribution in [0.1, 0.15) is 55.8 Å². The van der Waals surface area contributed by atoms with Crippen molar-refractivity contribution in [3.63, 3.8) is 0 Å². The number of hydrogen-bond donors (Lipinski definition) is 2. The summed E-state index contributed by atoms with van der Waals surface area (Å²) < 4.78 is 6.00. The average Bonchev–Trinajstić information content (AvgIpc) is 2.93. The number of aromatic nitrogens is 2. The van der Waals surface area contributed by atoms with Gasteiger partial charge in [0.2, 0.25) is 0 Å². The first-order valence-electron chi connectivity index (χ1n) is 7.80. The van der Waals surface area contributed by atoms with Crippen LogP contribution in [-0.2, 0) is 4.74 Å². The summed E-state index contributed by atoms with van der Waals surface area (Å²) in [7, 11) is 0. The number of ether oxygens (including phenoxy) is 1. The fraction of sp³-hybridized carbons (Fsp3) is 0.733. The van der Waals surface area contributed by atoms with Crippen LogP contribution in [0.5, 0.6) is 0 Å². The topological polar surface area (TPSA) is 76.3 Å². The highest BCUT2D eigenvalue weighted by Gasteiger charge is 2.34. The van der Waals surface area contributed by atoms with Gasteiger partial charge in [-0.3, -0.25) is 4.90 Å². The van der Waals surface area contributed by atoms with Crippen molar-refractivity contribution in [1.29, 1.82) is 0 Å². The predicted molar refractivity (Wildman–Crippen MR) is 82.0 cm³/mol. The minimum atomic E-state index is -0.0497. The first-order chi connectivity index (χ1) is 10.1. The minimum absolute atomic E-state index is 0.0497.